The Morgan fingerprint density at radius 2 is 1.46 bits per heavy atom. The SMILES string of the molecule is COC(=O)[C@H](NC(=O)[C@@H](NC(=O)OCc1ccccc1)C(O[Si](C)(C)C(C)(C)C)Sc1ccccc1)C(C)C. The van der Waals surface area contributed by atoms with Gasteiger partial charge in [-0.1, -0.05) is 94.9 Å². The van der Waals surface area contributed by atoms with Gasteiger partial charge in [-0.15, -0.1) is 0 Å². The highest BCUT2D eigenvalue weighted by molar-refractivity contribution is 8.00. The third-order valence-corrected chi connectivity index (χ3v) is 12.4. The maximum absolute atomic E-state index is 13.8. The summed E-state index contributed by atoms with van der Waals surface area (Å²) in [5, 5.41) is 5.35. The number of carbonyl (C=O) groups excluding carboxylic acids is 3. The zero-order valence-electron chi connectivity index (χ0n) is 24.1. The molecule has 3 atom stereocenters. The molecule has 10 heteroatoms. The molecule has 0 bridgehead atoms. The molecule has 0 aliphatic carbocycles. The van der Waals surface area contributed by atoms with Crippen molar-refractivity contribution in [1.29, 1.82) is 0 Å². The number of alkyl carbamates (subject to hydrolysis) is 1. The molecule has 0 aliphatic rings. The summed E-state index contributed by atoms with van der Waals surface area (Å²) >= 11 is 1.34. The summed E-state index contributed by atoms with van der Waals surface area (Å²) in [6, 6.07) is 16.7. The highest BCUT2D eigenvalue weighted by atomic mass is 32.2. The summed E-state index contributed by atoms with van der Waals surface area (Å²) in [6.45, 7) is 14.1. The van der Waals surface area contributed by atoms with Crippen LogP contribution >= 0.6 is 11.8 Å². The molecule has 39 heavy (non-hydrogen) atoms. The average Bonchev–Trinajstić information content (AvgIpc) is 2.88. The summed E-state index contributed by atoms with van der Waals surface area (Å²) in [6.07, 6.45) is -0.768. The van der Waals surface area contributed by atoms with Gasteiger partial charge in [0, 0.05) is 4.90 Å². The van der Waals surface area contributed by atoms with Gasteiger partial charge in [0.15, 0.2) is 8.32 Å². The molecule has 8 nitrogen and oxygen atoms in total. The number of thioether (sulfide) groups is 1. The first-order chi connectivity index (χ1) is 18.2. The number of ether oxygens (including phenoxy) is 2. The van der Waals surface area contributed by atoms with Crippen molar-refractivity contribution in [3.05, 3.63) is 66.2 Å². The Labute approximate surface area is 237 Å². The maximum atomic E-state index is 13.8. The van der Waals surface area contributed by atoms with Crippen molar-refractivity contribution in [2.24, 2.45) is 5.92 Å². The second-order valence-electron chi connectivity index (χ2n) is 11.1. The van der Waals surface area contributed by atoms with E-state index in [9.17, 15) is 14.4 Å². The highest BCUT2D eigenvalue weighted by Crippen LogP contribution is 2.40. The van der Waals surface area contributed by atoms with Crippen molar-refractivity contribution < 1.29 is 28.3 Å². The summed E-state index contributed by atoms with van der Waals surface area (Å²) in [4.78, 5) is 40.1. The first-order valence-corrected chi connectivity index (χ1v) is 16.8. The van der Waals surface area contributed by atoms with Crippen molar-refractivity contribution in [3.63, 3.8) is 0 Å². The second kappa shape index (κ2) is 14.5. The molecule has 2 aromatic rings. The van der Waals surface area contributed by atoms with E-state index < -0.39 is 43.8 Å². The van der Waals surface area contributed by atoms with Gasteiger partial charge in [-0.05, 0) is 41.7 Å². The zero-order valence-corrected chi connectivity index (χ0v) is 26.0. The molecular weight excluding hydrogens is 532 g/mol. The fourth-order valence-electron chi connectivity index (χ4n) is 3.28. The molecular formula is C29H42N2O6SSi. The second-order valence-corrected chi connectivity index (χ2v) is 17.0. The van der Waals surface area contributed by atoms with Gasteiger partial charge in [0.1, 0.15) is 24.1 Å². The molecule has 2 aromatic carbocycles. The van der Waals surface area contributed by atoms with E-state index in [4.69, 9.17) is 13.9 Å². The summed E-state index contributed by atoms with van der Waals surface area (Å²) < 4.78 is 17.1. The Morgan fingerprint density at radius 3 is 1.97 bits per heavy atom. The quantitative estimate of drug-likeness (QED) is 0.144. The molecule has 0 spiro atoms. The van der Waals surface area contributed by atoms with Crippen molar-refractivity contribution in [1.82, 2.24) is 10.6 Å². The Morgan fingerprint density at radius 1 is 0.897 bits per heavy atom. The molecule has 2 N–H and O–H groups in total. The van der Waals surface area contributed by atoms with Crippen LogP contribution in [0.4, 0.5) is 4.79 Å². The molecule has 2 rings (SSSR count). The van der Waals surface area contributed by atoms with Crippen LogP contribution in [0.1, 0.15) is 40.2 Å². The molecule has 0 aliphatic heterocycles. The van der Waals surface area contributed by atoms with Crippen LogP contribution in [0.2, 0.25) is 18.1 Å². The van der Waals surface area contributed by atoms with Crippen LogP contribution in [0.15, 0.2) is 65.6 Å². The van der Waals surface area contributed by atoms with Crippen LogP contribution < -0.4 is 10.6 Å². The van der Waals surface area contributed by atoms with Gasteiger partial charge < -0.3 is 24.5 Å². The topological polar surface area (TPSA) is 103 Å². The number of hydrogen-bond acceptors (Lipinski definition) is 7. The number of methoxy groups -OCH3 is 1. The van der Waals surface area contributed by atoms with Crippen molar-refractivity contribution in [3.8, 4) is 0 Å². The van der Waals surface area contributed by atoms with Gasteiger partial charge in [-0.25, -0.2) is 9.59 Å². The molecule has 214 valence electrons. The largest absolute Gasteiger partial charge is 0.467 e. The predicted molar refractivity (Wildman–Crippen MR) is 157 cm³/mol. The third kappa shape index (κ3) is 10.0. The minimum atomic E-state index is -2.43. The molecule has 0 fully saturated rings. The van der Waals surface area contributed by atoms with Crippen molar-refractivity contribution in [2.45, 2.75) is 81.8 Å². The van der Waals surface area contributed by atoms with Crippen LogP contribution in [0.3, 0.4) is 0 Å². The highest BCUT2D eigenvalue weighted by Gasteiger charge is 2.44. The van der Waals surface area contributed by atoms with Gasteiger partial charge >= 0.3 is 12.1 Å². The van der Waals surface area contributed by atoms with Crippen LogP contribution in [0.25, 0.3) is 0 Å². The summed E-state index contributed by atoms with van der Waals surface area (Å²) in [5.41, 5.74) is 0.00924. The lowest BCUT2D eigenvalue weighted by atomic mass is 10.0. The maximum Gasteiger partial charge on any atom is 0.408 e. The van der Waals surface area contributed by atoms with Crippen LogP contribution in [-0.4, -0.2) is 50.9 Å². The Balaban J connectivity index is 2.43. The summed E-state index contributed by atoms with van der Waals surface area (Å²) in [7, 11) is -1.15. The molecule has 0 saturated heterocycles. The lowest BCUT2D eigenvalue weighted by molar-refractivity contribution is -0.146. The van der Waals surface area contributed by atoms with Gasteiger partial charge in [0.05, 0.1) is 7.11 Å². The first-order valence-electron chi connectivity index (χ1n) is 13.0. The number of carbonyl (C=O) groups is 3. The molecule has 1 unspecified atom stereocenters. The number of nitrogens with one attached hydrogen (secondary N) is 2. The molecule has 0 radical (unpaired) electrons. The molecule has 0 aromatic heterocycles. The number of hydrogen-bond donors (Lipinski definition) is 2. The van der Waals surface area contributed by atoms with E-state index in [1.165, 1.54) is 18.9 Å². The molecule has 0 heterocycles. The molecule has 2 amide bonds. The van der Waals surface area contributed by atoms with Crippen molar-refractivity contribution in [2.75, 3.05) is 7.11 Å². The smallest absolute Gasteiger partial charge is 0.408 e. The Kier molecular flexibility index (Phi) is 12.1. The van der Waals surface area contributed by atoms with E-state index in [2.05, 4.69) is 44.5 Å². The number of amides is 2. The van der Waals surface area contributed by atoms with E-state index in [1.54, 1.807) is 13.8 Å². The average molecular weight is 575 g/mol. The first kappa shape index (κ1) is 32.4. The minimum Gasteiger partial charge on any atom is -0.467 e. The lowest BCUT2D eigenvalue weighted by Crippen LogP contribution is -2.59. The summed E-state index contributed by atoms with van der Waals surface area (Å²) in [5.74, 6) is -1.38. The standard InChI is InChI=1S/C29H42N2O6SSi/c1-20(2)23(26(33)35-6)30-25(32)24(31-28(34)36-19-21-15-11-9-12-16-21)27(37-39(7,8)29(3,4)5)38-22-17-13-10-14-18-22/h9-18,20,23-24,27H,19H2,1-8H3,(H,30,32)(H,31,34)/t23-,24-,27?/m1/s1. The number of esters is 1. The van der Waals surface area contributed by atoms with E-state index in [-0.39, 0.29) is 17.6 Å². The normalized spacial score (nSPS) is 14.2. The fourth-order valence-corrected chi connectivity index (χ4v) is 6.17. The number of benzene rings is 2. The van der Waals surface area contributed by atoms with E-state index in [0.29, 0.717) is 0 Å². The lowest BCUT2D eigenvalue weighted by Gasteiger charge is -2.41. The Bertz CT molecular complexity index is 1080. The molecule has 0 saturated carbocycles. The van der Waals surface area contributed by atoms with Gasteiger partial charge in [-0.3, -0.25) is 4.79 Å². The van der Waals surface area contributed by atoms with Crippen LogP contribution in [-0.2, 0) is 30.1 Å². The predicted octanol–water partition coefficient (Wildman–Crippen LogP) is 5.74. The zero-order chi connectivity index (χ0) is 29.2. The van der Waals surface area contributed by atoms with E-state index >= 15 is 0 Å². The fraction of sp³-hybridized carbons (Fsp3) is 0.483. The van der Waals surface area contributed by atoms with E-state index in [0.717, 1.165) is 10.5 Å². The monoisotopic (exact) mass is 574 g/mol. The third-order valence-electron chi connectivity index (χ3n) is 6.67. The van der Waals surface area contributed by atoms with Gasteiger partial charge in [0.2, 0.25) is 5.91 Å². The minimum absolute atomic E-state index is 0.0391. The number of rotatable bonds is 12. The van der Waals surface area contributed by atoms with Crippen molar-refractivity contribution >= 4 is 38.0 Å². The van der Waals surface area contributed by atoms with Gasteiger partial charge in [0.25, 0.3) is 0 Å². The Hall–Kier alpha value is -2.82. The van der Waals surface area contributed by atoms with Crippen LogP contribution in [0.5, 0.6) is 0 Å². The van der Waals surface area contributed by atoms with Gasteiger partial charge in [-0.2, -0.15) is 0 Å². The van der Waals surface area contributed by atoms with Crippen LogP contribution in [0, 0.1) is 5.92 Å². The van der Waals surface area contributed by atoms with E-state index in [1.807, 2.05) is 60.7 Å².